The molecule has 3 nitrogen and oxygen atoms in total. The summed E-state index contributed by atoms with van der Waals surface area (Å²) in [6, 6.07) is 5.14. The summed E-state index contributed by atoms with van der Waals surface area (Å²) in [7, 11) is 1.55. The van der Waals surface area contributed by atoms with Crippen LogP contribution >= 0.6 is 0 Å². The van der Waals surface area contributed by atoms with Gasteiger partial charge in [-0.2, -0.15) is 0 Å². The highest BCUT2D eigenvalue weighted by molar-refractivity contribution is 5.42. The van der Waals surface area contributed by atoms with Crippen LogP contribution in [0.1, 0.15) is 5.56 Å². The zero-order valence-corrected chi connectivity index (χ0v) is 7.20. The number of hydrogen-bond acceptors (Lipinski definition) is 3. The van der Waals surface area contributed by atoms with Gasteiger partial charge in [0, 0.05) is 12.7 Å². The molecule has 66 valence electrons. The van der Waals surface area contributed by atoms with Gasteiger partial charge in [-0.25, -0.2) is 0 Å². The van der Waals surface area contributed by atoms with E-state index in [4.69, 9.17) is 9.47 Å². The van der Waals surface area contributed by atoms with E-state index in [1.807, 2.05) is 0 Å². The van der Waals surface area contributed by atoms with Gasteiger partial charge < -0.3 is 14.6 Å². The summed E-state index contributed by atoms with van der Waals surface area (Å²) in [5, 5.41) is 9.28. The van der Waals surface area contributed by atoms with Crippen LogP contribution in [0.5, 0.6) is 11.5 Å². The van der Waals surface area contributed by atoms with Crippen molar-refractivity contribution in [3.05, 3.63) is 23.8 Å². The van der Waals surface area contributed by atoms with Crippen molar-refractivity contribution < 1.29 is 14.6 Å². The molecule has 1 aromatic carbocycles. The Labute approximate surface area is 71.5 Å². The maximum absolute atomic E-state index is 9.28. The van der Waals surface area contributed by atoms with E-state index in [9.17, 15) is 5.11 Å². The molecule has 1 aromatic rings. The molecule has 0 aliphatic rings. The van der Waals surface area contributed by atoms with E-state index in [1.54, 1.807) is 32.2 Å². The number of ether oxygens (including phenoxy) is 2. The largest absolute Gasteiger partial charge is 0.508 e. The third-order valence-electron chi connectivity index (χ3n) is 1.59. The van der Waals surface area contributed by atoms with Crippen LogP contribution in [0.4, 0.5) is 0 Å². The van der Waals surface area contributed by atoms with E-state index in [2.05, 4.69) is 0 Å². The number of benzene rings is 1. The lowest BCUT2D eigenvalue weighted by Gasteiger charge is -2.08. The van der Waals surface area contributed by atoms with Crippen molar-refractivity contribution in [2.45, 2.75) is 6.92 Å². The molecular weight excluding hydrogens is 156 g/mol. The molecule has 0 fully saturated rings. The maximum Gasteiger partial charge on any atom is 0.188 e. The van der Waals surface area contributed by atoms with Crippen molar-refractivity contribution in [1.82, 2.24) is 0 Å². The summed E-state index contributed by atoms with van der Waals surface area (Å²) in [5.41, 5.74) is 0.731. The molecule has 0 aliphatic heterocycles. The second-order valence-electron chi connectivity index (χ2n) is 2.45. The van der Waals surface area contributed by atoms with Crippen molar-refractivity contribution >= 4 is 0 Å². The van der Waals surface area contributed by atoms with Crippen LogP contribution in [-0.2, 0) is 4.74 Å². The Morgan fingerprint density at radius 1 is 1.42 bits per heavy atom. The van der Waals surface area contributed by atoms with E-state index < -0.39 is 0 Å². The van der Waals surface area contributed by atoms with Gasteiger partial charge in [-0.1, -0.05) is 6.07 Å². The molecule has 0 spiro atoms. The van der Waals surface area contributed by atoms with Gasteiger partial charge in [0.2, 0.25) is 0 Å². The van der Waals surface area contributed by atoms with E-state index >= 15 is 0 Å². The van der Waals surface area contributed by atoms with Gasteiger partial charge in [0.05, 0.1) is 0 Å². The predicted molar refractivity (Wildman–Crippen MR) is 45.3 cm³/mol. The molecule has 1 N–H and O–H groups in total. The van der Waals surface area contributed by atoms with Gasteiger partial charge in [0.25, 0.3) is 0 Å². The number of aromatic hydroxyl groups is 1. The van der Waals surface area contributed by atoms with Crippen molar-refractivity contribution in [1.29, 1.82) is 0 Å². The highest BCUT2D eigenvalue weighted by atomic mass is 16.7. The standard InChI is InChI=1S/C9H12O3/c1-7-8(10)4-3-5-9(7)12-6-11-2/h3-5,10H,6H2,1-2H3. The molecule has 0 saturated heterocycles. The molecule has 12 heavy (non-hydrogen) atoms. The number of hydrogen-bond donors (Lipinski definition) is 1. The van der Waals surface area contributed by atoms with Gasteiger partial charge in [0.15, 0.2) is 6.79 Å². The summed E-state index contributed by atoms with van der Waals surface area (Å²) in [4.78, 5) is 0. The van der Waals surface area contributed by atoms with Crippen molar-refractivity contribution in [3.63, 3.8) is 0 Å². The van der Waals surface area contributed by atoms with Crippen LogP contribution in [-0.4, -0.2) is 19.0 Å². The topological polar surface area (TPSA) is 38.7 Å². The van der Waals surface area contributed by atoms with Crippen molar-refractivity contribution in [2.24, 2.45) is 0 Å². The van der Waals surface area contributed by atoms with Crippen LogP contribution in [0.2, 0.25) is 0 Å². The minimum absolute atomic E-state index is 0.199. The summed E-state index contributed by atoms with van der Waals surface area (Å²) in [6.45, 7) is 1.99. The van der Waals surface area contributed by atoms with Gasteiger partial charge in [-0.05, 0) is 19.1 Å². The van der Waals surface area contributed by atoms with Crippen LogP contribution in [0.3, 0.4) is 0 Å². The monoisotopic (exact) mass is 168 g/mol. The summed E-state index contributed by atoms with van der Waals surface area (Å²) in [6.07, 6.45) is 0. The van der Waals surface area contributed by atoms with E-state index in [0.717, 1.165) is 5.56 Å². The van der Waals surface area contributed by atoms with Crippen molar-refractivity contribution in [3.8, 4) is 11.5 Å². The second kappa shape index (κ2) is 3.97. The van der Waals surface area contributed by atoms with Gasteiger partial charge in [-0.3, -0.25) is 0 Å². The molecule has 0 radical (unpaired) electrons. The fraction of sp³-hybridized carbons (Fsp3) is 0.333. The van der Waals surface area contributed by atoms with E-state index in [0.29, 0.717) is 5.75 Å². The Bertz CT molecular complexity index is 258. The zero-order valence-electron chi connectivity index (χ0n) is 7.20. The number of phenolic OH excluding ortho intramolecular Hbond substituents is 1. The average molecular weight is 168 g/mol. The predicted octanol–water partition coefficient (Wildman–Crippen LogP) is 1.68. The van der Waals surface area contributed by atoms with Gasteiger partial charge in [-0.15, -0.1) is 0 Å². The zero-order chi connectivity index (χ0) is 8.97. The molecule has 0 aromatic heterocycles. The highest BCUT2D eigenvalue weighted by Crippen LogP contribution is 2.25. The highest BCUT2D eigenvalue weighted by Gasteiger charge is 2.01. The fourth-order valence-corrected chi connectivity index (χ4v) is 0.882. The lowest BCUT2D eigenvalue weighted by molar-refractivity contribution is 0.0505. The Morgan fingerprint density at radius 3 is 2.83 bits per heavy atom. The number of rotatable bonds is 3. The number of methoxy groups -OCH3 is 1. The molecule has 0 heterocycles. The first-order valence-corrected chi connectivity index (χ1v) is 3.66. The molecule has 3 heteroatoms. The first kappa shape index (κ1) is 8.87. The third-order valence-corrected chi connectivity index (χ3v) is 1.59. The molecule has 0 amide bonds. The smallest absolute Gasteiger partial charge is 0.188 e. The lowest BCUT2D eigenvalue weighted by atomic mass is 10.2. The molecule has 0 unspecified atom stereocenters. The Hall–Kier alpha value is -1.22. The Kier molecular flexibility index (Phi) is 2.94. The maximum atomic E-state index is 9.28. The quantitative estimate of drug-likeness (QED) is 0.698. The van der Waals surface area contributed by atoms with Crippen LogP contribution in [0.15, 0.2) is 18.2 Å². The molecule has 0 bridgehead atoms. The summed E-state index contributed by atoms with van der Waals surface area (Å²) in [5.74, 6) is 0.889. The van der Waals surface area contributed by atoms with Gasteiger partial charge >= 0.3 is 0 Å². The fourth-order valence-electron chi connectivity index (χ4n) is 0.882. The summed E-state index contributed by atoms with van der Waals surface area (Å²) >= 11 is 0. The van der Waals surface area contributed by atoms with Crippen LogP contribution < -0.4 is 4.74 Å². The van der Waals surface area contributed by atoms with Crippen molar-refractivity contribution in [2.75, 3.05) is 13.9 Å². The molecule has 0 atom stereocenters. The van der Waals surface area contributed by atoms with E-state index in [1.165, 1.54) is 0 Å². The summed E-state index contributed by atoms with van der Waals surface area (Å²) < 4.78 is 9.92. The third kappa shape index (κ3) is 1.89. The van der Waals surface area contributed by atoms with Crippen LogP contribution in [0.25, 0.3) is 0 Å². The molecule has 0 aliphatic carbocycles. The first-order valence-electron chi connectivity index (χ1n) is 3.66. The van der Waals surface area contributed by atoms with Gasteiger partial charge in [0.1, 0.15) is 11.5 Å². The van der Waals surface area contributed by atoms with Crippen LogP contribution in [0, 0.1) is 6.92 Å². The normalized spacial score (nSPS) is 9.83. The minimum Gasteiger partial charge on any atom is -0.508 e. The molecule has 0 saturated carbocycles. The number of phenols is 1. The second-order valence-corrected chi connectivity index (χ2v) is 2.45. The Morgan fingerprint density at radius 2 is 2.17 bits per heavy atom. The Balaban J connectivity index is 2.78. The molecule has 1 rings (SSSR count). The average Bonchev–Trinajstić information content (AvgIpc) is 2.08. The molecular formula is C9H12O3. The SMILES string of the molecule is COCOc1cccc(O)c1C. The van der Waals surface area contributed by atoms with E-state index in [-0.39, 0.29) is 12.5 Å². The lowest BCUT2D eigenvalue weighted by Crippen LogP contribution is -1.99. The first-order chi connectivity index (χ1) is 5.75. The minimum atomic E-state index is 0.199.